The van der Waals surface area contributed by atoms with Gasteiger partial charge in [0, 0.05) is 0 Å². The molecule has 0 spiro atoms. The molecule has 0 saturated heterocycles. The van der Waals surface area contributed by atoms with E-state index >= 15 is 0 Å². The minimum absolute atomic E-state index is 0.0456. The van der Waals surface area contributed by atoms with Crippen molar-refractivity contribution in [3.63, 3.8) is 0 Å². The predicted octanol–water partition coefficient (Wildman–Crippen LogP) is 2.53. The van der Waals surface area contributed by atoms with Crippen LogP contribution in [0.15, 0.2) is 18.2 Å². The molecule has 0 aromatic heterocycles. The van der Waals surface area contributed by atoms with Gasteiger partial charge in [-0.25, -0.2) is 0 Å². The third kappa shape index (κ3) is 2.99. The van der Waals surface area contributed by atoms with E-state index in [1.54, 1.807) is 0 Å². The highest BCUT2D eigenvalue weighted by Crippen LogP contribution is 2.35. The molecule has 2 N–H and O–H groups in total. The van der Waals surface area contributed by atoms with Crippen LogP contribution in [0, 0.1) is 5.92 Å². The van der Waals surface area contributed by atoms with Crippen LogP contribution in [0.25, 0.3) is 0 Å². The molecule has 92 valence electrons. The first kappa shape index (κ1) is 12.0. The number of amides is 1. The van der Waals surface area contributed by atoms with Crippen molar-refractivity contribution >= 4 is 5.91 Å². The number of nitrogens with two attached hydrogens (primary N) is 1. The van der Waals surface area contributed by atoms with Crippen molar-refractivity contribution < 1.29 is 9.53 Å². The summed E-state index contributed by atoms with van der Waals surface area (Å²) < 4.78 is 5.65. The average molecular weight is 233 g/mol. The molecule has 0 atom stereocenters. The quantitative estimate of drug-likeness (QED) is 0.849. The minimum Gasteiger partial charge on any atom is -0.490 e. The van der Waals surface area contributed by atoms with Crippen LogP contribution < -0.4 is 10.5 Å². The highest BCUT2D eigenvalue weighted by molar-refractivity contribution is 5.97. The Kier molecular flexibility index (Phi) is 3.36. The standard InChI is InChI=1S/C14H19NO2/c1-9(2)17-12-5-3-4-11(8-10-6-7-10)13(12)14(15)16/h3-5,9-10H,6-8H2,1-2H3,(H2,15,16). The Morgan fingerprint density at radius 3 is 2.71 bits per heavy atom. The van der Waals surface area contributed by atoms with Gasteiger partial charge in [-0.2, -0.15) is 0 Å². The van der Waals surface area contributed by atoms with Crippen molar-refractivity contribution in [2.75, 3.05) is 0 Å². The smallest absolute Gasteiger partial charge is 0.252 e. The second kappa shape index (κ2) is 4.78. The molecular weight excluding hydrogens is 214 g/mol. The predicted molar refractivity (Wildman–Crippen MR) is 67.2 cm³/mol. The zero-order valence-corrected chi connectivity index (χ0v) is 10.4. The van der Waals surface area contributed by atoms with E-state index < -0.39 is 5.91 Å². The maximum atomic E-state index is 11.6. The van der Waals surface area contributed by atoms with Gasteiger partial charge in [0.2, 0.25) is 0 Å². The van der Waals surface area contributed by atoms with E-state index in [0.29, 0.717) is 11.3 Å². The number of carbonyl (C=O) groups is 1. The van der Waals surface area contributed by atoms with E-state index in [1.807, 2.05) is 32.0 Å². The summed E-state index contributed by atoms with van der Waals surface area (Å²) >= 11 is 0. The molecule has 1 aliphatic rings. The van der Waals surface area contributed by atoms with Gasteiger partial charge in [0.05, 0.1) is 11.7 Å². The van der Waals surface area contributed by atoms with Crippen LogP contribution in [-0.2, 0) is 6.42 Å². The fourth-order valence-corrected chi connectivity index (χ4v) is 2.01. The van der Waals surface area contributed by atoms with Gasteiger partial charge < -0.3 is 10.5 Å². The molecule has 0 heterocycles. The van der Waals surface area contributed by atoms with Crippen LogP contribution in [0.1, 0.15) is 42.6 Å². The number of rotatable bonds is 5. The molecule has 0 unspecified atom stereocenters. The van der Waals surface area contributed by atoms with Crippen LogP contribution in [-0.4, -0.2) is 12.0 Å². The van der Waals surface area contributed by atoms with Gasteiger partial charge >= 0.3 is 0 Å². The summed E-state index contributed by atoms with van der Waals surface area (Å²) in [6.45, 7) is 3.89. The molecule has 3 nitrogen and oxygen atoms in total. The van der Waals surface area contributed by atoms with E-state index in [0.717, 1.165) is 17.9 Å². The van der Waals surface area contributed by atoms with Gasteiger partial charge in [-0.1, -0.05) is 12.1 Å². The summed E-state index contributed by atoms with van der Waals surface area (Å²) in [5.74, 6) is 0.949. The first-order valence-corrected chi connectivity index (χ1v) is 6.16. The number of hydrogen-bond donors (Lipinski definition) is 1. The zero-order valence-electron chi connectivity index (χ0n) is 10.4. The molecule has 1 fully saturated rings. The van der Waals surface area contributed by atoms with Crippen molar-refractivity contribution in [3.05, 3.63) is 29.3 Å². The second-order valence-electron chi connectivity index (χ2n) is 4.97. The normalized spacial score (nSPS) is 15.0. The van der Waals surface area contributed by atoms with Crippen LogP contribution in [0.5, 0.6) is 5.75 Å². The van der Waals surface area contributed by atoms with Crippen LogP contribution in [0.3, 0.4) is 0 Å². The van der Waals surface area contributed by atoms with Gasteiger partial charge in [0.15, 0.2) is 0 Å². The summed E-state index contributed by atoms with van der Waals surface area (Å²) in [6.07, 6.45) is 3.50. The molecule has 1 saturated carbocycles. The Morgan fingerprint density at radius 2 is 2.18 bits per heavy atom. The molecule has 1 amide bonds. The van der Waals surface area contributed by atoms with Gasteiger partial charge in [0.25, 0.3) is 5.91 Å². The number of primary amides is 1. The molecule has 1 aromatic rings. The molecule has 1 aliphatic carbocycles. The Balaban J connectivity index is 2.32. The molecular formula is C14H19NO2. The number of ether oxygens (including phenoxy) is 1. The second-order valence-corrected chi connectivity index (χ2v) is 4.97. The van der Waals surface area contributed by atoms with Crippen LogP contribution in [0.2, 0.25) is 0 Å². The molecule has 17 heavy (non-hydrogen) atoms. The molecule has 2 rings (SSSR count). The molecule has 1 aromatic carbocycles. The minimum atomic E-state index is -0.392. The first-order chi connectivity index (χ1) is 8.08. The topological polar surface area (TPSA) is 52.3 Å². The average Bonchev–Trinajstić information content (AvgIpc) is 3.00. The Morgan fingerprint density at radius 1 is 1.47 bits per heavy atom. The van der Waals surface area contributed by atoms with Gasteiger partial charge in [-0.15, -0.1) is 0 Å². The summed E-state index contributed by atoms with van der Waals surface area (Å²) in [6, 6.07) is 5.73. The van der Waals surface area contributed by atoms with Crippen molar-refractivity contribution in [1.82, 2.24) is 0 Å². The van der Waals surface area contributed by atoms with Crippen molar-refractivity contribution in [2.45, 2.75) is 39.2 Å². The maximum Gasteiger partial charge on any atom is 0.252 e. The molecule has 0 aliphatic heterocycles. The molecule has 3 heteroatoms. The van der Waals surface area contributed by atoms with E-state index in [4.69, 9.17) is 10.5 Å². The SMILES string of the molecule is CC(C)Oc1cccc(CC2CC2)c1C(N)=O. The Hall–Kier alpha value is -1.51. The summed E-state index contributed by atoms with van der Waals surface area (Å²) in [5.41, 5.74) is 7.06. The fourth-order valence-electron chi connectivity index (χ4n) is 2.01. The number of benzene rings is 1. The van der Waals surface area contributed by atoms with E-state index in [-0.39, 0.29) is 6.10 Å². The first-order valence-electron chi connectivity index (χ1n) is 6.16. The van der Waals surface area contributed by atoms with E-state index in [2.05, 4.69) is 0 Å². The summed E-state index contributed by atoms with van der Waals surface area (Å²) in [4.78, 5) is 11.6. The zero-order chi connectivity index (χ0) is 12.4. The molecule has 0 bridgehead atoms. The Bertz CT molecular complexity index is 400. The van der Waals surface area contributed by atoms with Crippen LogP contribution in [0.4, 0.5) is 0 Å². The lowest BCUT2D eigenvalue weighted by atomic mass is 10.0. The third-order valence-electron chi connectivity index (χ3n) is 2.93. The Labute approximate surface area is 102 Å². The van der Waals surface area contributed by atoms with Gasteiger partial charge in [-0.05, 0) is 50.7 Å². The van der Waals surface area contributed by atoms with Crippen molar-refractivity contribution in [3.8, 4) is 5.75 Å². The molecule has 0 radical (unpaired) electrons. The lowest BCUT2D eigenvalue weighted by Gasteiger charge is -2.15. The monoisotopic (exact) mass is 233 g/mol. The van der Waals surface area contributed by atoms with Crippen LogP contribution >= 0.6 is 0 Å². The highest BCUT2D eigenvalue weighted by atomic mass is 16.5. The largest absolute Gasteiger partial charge is 0.490 e. The fraction of sp³-hybridized carbons (Fsp3) is 0.500. The van der Waals surface area contributed by atoms with E-state index in [9.17, 15) is 4.79 Å². The lowest BCUT2D eigenvalue weighted by Crippen LogP contribution is -2.18. The summed E-state index contributed by atoms with van der Waals surface area (Å²) in [5, 5.41) is 0. The maximum absolute atomic E-state index is 11.6. The van der Waals surface area contributed by atoms with Crippen molar-refractivity contribution in [2.24, 2.45) is 11.7 Å². The summed E-state index contributed by atoms with van der Waals surface area (Å²) in [7, 11) is 0. The van der Waals surface area contributed by atoms with Gasteiger partial charge in [-0.3, -0.25) is 4.79 Å². The third-order valence-corrected chi connectivity index (χ3v) is 2.93. The number of hydrogen-bond acceptors (Lipinski definition) is 2. The van der Waals surface area contributed by atoms with E-state index in [1.165, 1.54) is 12.8 Å². The lowest BCUT2D eigenvalue weighted by molar-refractivity contribution is 0.0993. The highest BCUT2D eigenvalue weighted by Gasteiger charge is 2.25. The number of carbonyl (C=O) groups excluding carboxylic acids is 1. The van der Waals surface area contributed by atoms with Gasteiger partial charge in [0.1, 0.15) is 5.75 Å². The van der Waals surface area contributed by atoms with Crippen molar-refractivity contribution in [1.29, 1.82) is 0 Å².